The van der Waals surface area contributed by atoms with E-state index in [0.717, 1.165) is 5.75 Å². The number of hydrogen-bond acceptors (Lipinski definition) is 3. The lowest BCUT2D eigenvalue weighted by atomic mass is 9.96. The molecule has 0 saturated carbocycles. The highest BCUT2D eigenvalue weighted by atomic mass is 32.2. The summed E-state index contributed by atoms with van der Waals surface area (Å²) in [7, 11) is 0. The maximum atomic E-state index is 11.9. The maximum Gasteiger partial charge on any atom is 0.306 e. The number of nitrogens with zero attached hydrogens (tertiary/aromatic N) is 1. The molecule has 1 heterocycles. The Labute approximate surface area is 100 Å². The molecule has 1 amide bonds. The number of carboxylic acid groups (broad SMARTS) is 1. The van der Waals surface area contributed by atoms with Gasteiger partial charge >= 0.3 is 5.97 Å². The van der Waals surface area contributed by atoms with Crippen LogP contribution in [0.15, 0.2) is 0 Å². The molecule has 1 aliphatic heterocycles. The van der Waals surface area contributed by atoms with Crippen molar-refractivity contribution in [1.29, 1.82) is 0 Å². The Morgan fingerprint density at radius 1 is 1.44 bits per heavy atom. The Bertz CT molecular complexity index is 262. The molecular formula is C11H19NO3S. The van der Waals surface area contributed by atoms with Crippen LogP contribution < -0.4 is 0 Å². The monoisotopic (exact) mass is 245 g/mol. The van der Waals surface area contributed by atoms with E-state index >= 15 is 0 Å². The molecule has 0 aliphatic carbocycles. The maximum absolute atomic E-state index is 11.9. The molecular weight excluding hydrogens is 226 g/mol. The van der Waals surface area contributed by atoms with E-state index in [4.69, 9.17) is 5.11 Å². The van der Waals surface area contributed by atoms with E-state index in [1.165, 1.54) is 0 Å². The van der Waals surface area contributed by atoms with Gasteiger partial charge in [-0.2, -0.15) is 11.8 Å². The van der Waals surface area contributed by atoms with Crippen molar-refractivity contribution in [3.8, 4) is 0 Å². The molecule has 1 rings (SSSR count). The van der Waals surface area contributed by atoms with Gasteiger partial charge < -0.3 is 10.0 Å². The van der Waals surface area contributed by atoms with Gasteiger partial charge in [0, 0.05) is 24.8 Å². The SMILES string of the molecule is CSC[C@@H](C)C(=O)N1CCC(C(=O)O)CC1. The fraction of sp³-hybridized carbons (Fsp3) is 0.818. The number of carbonyl (C=O) groups excluding carboxylic acids is 1. The lowest BCUT2D eigenvalue weighted by Gasteiger charge is -2.31. The number of likely N-dealkylation sites (tertiary alicyclic amines) is 1. The van der Waals surface area contributed by atoms with Crippen molar-refractivity contribution in [2.75, 3.05) is 25.1 Å². The summed E-state index contributed by atoms with van der Waals surface area (Å²) in [6.07, 6.45) is 3.17. The van der Waals surface area contributed by atoms with Crippen LogP contribution in [0, 0.1) is 11.8 Å². The van der Waals surface area contributed by atoms with E-state index in [1.54, 1.807) is 16.7 Å². The molecule has 0 aromatic rings. The predicted molar refractivity (Wildman–Crippen MR) is 64.5 cm³/mol. The number of piperidine rings is 1. The molecule has 0 spiro atoms. The minimum atomic E-state index is -0.732. The third-order valence-electron chi connectivity index (χ3n) is 2.99. The first-order valence-corrected chi connectivity index (χ1v) is 6.96. The van der Waals surface area contributed by atoms with E-state index in [2.05, 4.69) is 0 Å². The van der Waals surface area contributed by atoms with E-state index in [-0.39, 0.29) is 17.7 Å². The molecule has 1 N–H and O–H groups in total. The van der Waals surface area contributed by atoms with Gasteiger partial charge in [0.25, 0.3) is 0 Å². The van der Waals surface area contributed by atoms with Crippen molar-refractivity contribution >= 4 is 23.6 Å². The van der Waals surface area contributed by atoms with Gasteiger partial charge in [0.15, 0.2) is 0 Å². The average molecular weight is 245 g/mol. The van der Waals surface area contributed by atoms with Crippen LogP contribution in [0.5, 0.6) is 0 Å². The van der Waals surface area contributed by atoms with Crippen LogP contribution >= 0.6 is 11.8 Å². The number of carbonyl (C=O) groups is 2. The Balaban J connectivity index is 2.41. The van der Waals surface area contributed by atoms with Crippen LogP contribution in [0.1, 0.15) is 19.8 Å². The molecule has 5 heteroatoms. The number of thioether (sulfide) groups is 1. The van der Waals surface area contributed by atoms with Crippen LogP contribution in [-0.2, 0) is 9.59 Å². The summed E-state index contributed by atoms with van der Waals surface area (Å²) in [6, 6.07) is 0. The zero-order chi connectivity index (χ0) is 12.1. The summed E-state index contributed by atoms with van der Waals surface area (Å²) < 4.78 is 0. The summed E-state index contributed by atoms with van der Waals surface area (Å²) in [5.41, 5.74) is 0. The summed E-state index contributed by atoms with van der Waals surface area (Å²) in [4.78, 5) is 24.5. The van der Waals surface area contributed by atoms with Gasteiger partial charge in [0.2, 0.25) is 5.91 Å². The quantitative estimate of drug-likeness (QED) is 0.811. The Morgan fingerprint density at radius 3 is 2.44 bits per heavy atom. The van der Waals surface area contributed by atoms with Crippen LogP contribution in [0.3, 0.4) is 0 Å². The van der Waals surface area contributed by atoms with Gasteiger partial charge in [-0.1, -0.05) is 6.92 Å². The Kier molecular flexibility index (Phi) is 5.12. The molecule has 4 nitrogen and oxygen atoms in total. The van der Waals surface area contributed by atoms with Crippen LogP contribution in [0.2, 0.25) is 0 Å². The molecule has 1 atom stereocenters. The molecule has 0 aromatic heterocycles. The van der Waals surface area contributed by atoms with Crippen LogP contribution in [-0.4, -0.2) is 47.0 Å². The summed E-state index contributed by atoms with van der Waals surface area (Å²) >= 11 is 1.67. The van der Waals surface area contributed by atoms with E-state index < -0.39 is 5.97 Å². The fourth-order valence-corrected chi connectivity index (χ4v) is 2.62. The molecule has 0 radical (unpaired) electrons. The number of rotatable bonds is 4. The highest BCUT2D eigenvalue weighted by Gasteiger charge is 2.28. The first kappa shape index (κ1) is 13.4. The number of aliphatic carboxylic acids is 1. The fourth-order valence-electron chi connectivity index (χ4n) is 1.98. The zero-order valence-corrected chi connectivity index (χ0v) is 10.6. The summed E-state index contributed by atoms with van der Waals surface area (Å²) in [5, 5.41) is 8.85. The molecule has 16 heavy (non-hydrogen) atoms. The lowest BCUT2D eigenvalue weighted by molar-refractivity contribution is -0.146. The molecule has 1 aliphatic rings. The molecule has 0 aromatic carbocycles. The largest absolute Gasteiger partial charge is 0.481 e. The average Bonchev–Trinajstić information content (AvgIpc) is 2.28. The Morgan fingerprint density at radius 2 is 2.00 bits per heavy atom. The van der Waals surface area contributed by atoms with Crippen molar-refractivity contribution in [1.82, 2.24) is 4.90 Å². The van der Waals surface area contributed by atoms with Gasteiger partial charge in [0.05, 0.1) is 5.92 Å². The number of amides is 1. The topological polar surface area (TPSA) is 57.6 Å². The van der Waals surface area contributed by atoms with Crippen molar-refractivity contribution in [3.63, 3.8) is 0 Å². The summed E-state index contributed by atoms with van der Waals surface area (Å²) in [5.74, 6) is 0.0382. The highest BCUT2D eigenvalue weighted by Crippen LogP contribution is 2.19. The van der Waals surface area contributed by atoms with E-state index in [9.17, 15) is 9.59 Å². The van der Waals surface area contributed by atoms with Gasteiger partial charge in [-0.3, -0.25) is 9.59 Å². The third kappa shape index (κ3) is 3.40. The van der Waals surface area contributed by atoms with Crippen LogP contribution in [0.4, 0.5) is 0 Å². The smallest absolute Gasteiger partial charge is 0.306 e. The number of carboxylic acids is 1. The summed E-state index contributed by atoms with van der Waals surface area (Å²) in [6.45, 7) is 3.12. The van der Waals surface area contributed by atoms with Crippen molar-refractivity contribution < 1.29 is 14.7 Å². The van der Waals surface area contributed by atoms with Crippen molar-refractivity contribution in [2.45, 2.75) is 19.8 Å². The normalized spacial score (nSPS) is 19.5. The van der Waals surface area contributed by atoms with Gasteiger partial charge in [-0.25, -0.2) is 0 Å². The third-order valence-corrected chi connectivity index (χ3v) is 3.83. The highest BCUT2D eigenvalue weighted by molar-refractivity contribution is 7.98. The Hall–Kier alpha value is -0.710. The standard InChI is InChI=1S/C11H19NO3S/c1-8(7-16-2)10(13)12-5-3-9(4-6-12)11(14)15/h8-9H,3-7H2,1-2H3,(H,14,15)/t8-/m1/s1. The second kappa shape index (κ2) is 6.13. The van der Waals surface area contributed by atoms with Gasteiger partial charge in [-0.05, 0) is 19.1 Å². The van der Waals surface area contributed by atoms with Crippen molar-refractivity contribution in [2.24, 2.45) is 11.8 Å². The molecule has 0 bridgehead atoms. The molecule has 0 unspecified atom stereocenters. The lowest BCUT2D eigenvalue weighted by Crippen LogP contribution is -2.43. The first-order chi connectivity index (χ1) is 7.56. The predicted octanol–water partition coefficient (Wildman–Crippen LogP) is 1.31. The second-order valence-corrected chi connectivity index (χ2v) is 5.20. The van der Waals surface area contributed by atoms with E-state index in [0.29, 0.717) is 25.9 Å². The van der Waals surface area contributed by atoms with Gasteiger partial charge in [-0.15, -0.1) is 0 Å². The molecule has 1 fully saturated rings. The molecule has 92 valence electrons. The van der Waals surface area contributed by atoms with E-state index in [1.807, 2.05) is 13.2 Å². The van der Waals surface area contributed by atoms with Gasteiger partial charge in [0.1, 0.15) is 0 Å². The zero-order valence-electron chi connectivity index (χ0n) is 9.81. The number of hydrogen-bond donors (Lipinski definition) is 1. The van der Waals surface area contributed by atoms with Crippen LogP contribution in [0.25, 0.3) is 0 Å². The minimum Gasteiger partial charge on any atom is -0.481 e. The minimum absolute atomic E-state index is 0.0383. The second-order valence-electron chi connectivity index (χ2n) is 4.29. The van der Waals surface area contributed by atoms with Crippen molar-refractivity contribution in [3.05, 3.63) is 0 Å². The first-order valence-electron chi connectivity index (χ1n) is 5.56. The molecule has 1 saturated heterocycles.